The maximum absolute atomic E-state index is 5.53. The van der Waals surface area contributed by atoms with E-state index in [0.717, 1.165) is 18.3 Å². The SMILES string of the molecule is Nc1cncc(NCC2CCCC2)n1. The van der Waals surface area contributed by atoms with Gasteiger partial charge in [-0.1, -0.05) is 12.8 Å². The van der Waals surface area contributed by atoms with Gasteiger partial charge in [-0.3, -0.25) is 4.98 Å². The molecular formula is C10H16N4. The Kier molecular flexibility index (Phi) is 2.81. The van der Waals surface area contributed by atoms with E-state index in [0.29, 0.717) is 5.82 Å². The van der Waals surface area contributed by atoms with E-state index in [-0.39, 0.29) is 0 Å². The lowest BCUT2D eigenvalue weighted by Gasteiger charge is -2.10. The highest BCUT2D eigenvalue weighted by Crippen LogP contribution is 2.24. The van der Waals surface area contributed by atoms with Crippen LogP contribution < -0.4 is 11.1 Å². The zero-order valence-corrected chi connectivity index (χ0v) is 8.24. The quantitative estimate of drug-likeness (QED) is 0.764. The highest BCUT2D eigenvalue weighted by molar-refractivity contribution is 5.38. The first-order chi connectivity index (χ1) is 6.84. The number of aromatic nitrogens is 2. The minimum absolute atomic E-state index is 0.474. The summed E-state index contributed by atoms with van der Waals surface area (Å²) in [5, 5.41) is 3.27. The molecule has 1 aliphatic rings. The van der Waals surface area contributed by atoms with Gasteiger partial charge in [0.25, 0.3) is 0 Å². The van der Waals surface area contributed by atoms with Crippen molar-refractivity contribution < 1.29 is 0 Å². The second-order valence-corrected chi connectivity index (χ2v) is 3.86. The molecule has 1 saturated carbocycles. The summed E-state index contributed by atoms with van der Waals surface area (Å²) in [6, 6.07) is 0. The van der Waals surface area contributed by atoms with Crippen molar-refractivity contribution in [3.05, 3.63) is 12.4 Å². The van der Waals surface area contributed by atoms with E-state index in [2.05, 4.69) is 15.3 Å². The minimum atomic E-state index is 0.474. The van der Waals surface area contributed by atoms with Crippen molar-refractivity contribution in [3.63, 3.8) is 0 Å². The smallest absolute Gasteiger partial charge is 0.146 e. The topological polar surface area (TPSA) is 63.8 Å². The summed E-state index contributed by atoms with van der Waals surface area (Å²) in [6.07, 6.45) is 8.68. The Hall–Kier alpha value is -1.32. The maximum atomic E-state index is 5.53. The Bertz CT molecular complexity index is 294. The summed E-state index contributed by atoms with van der Waals surface area (Å²) in [7, 11) is 0. The molecule has 2 rings (SSSR count). The molecule has 0 bridgehead atoms. The van der Waals surface area contributed by atoms with Gasteiger partial charge in [0.2, 0.25) is 0 Å². The summed E-state index contributed by atoms with van der Waals surface area (Å²) in [5.41, 5.74) is 5.53. The molecule has 1 aromatic heterocycles. The van der Waals surface area contributed by atoms with Crippen LogP contribution in [0.15, 0.2) is 12.4 Å². The number of hydrogen-bond donors (Lipinski definition) is 2. The highest BCUT2D eigenvalue weighted by Gasteiger charge is 2.14. The van der Waals surface area contributed by atoms with Crippen LogP contribution in [0, 0.1) is 5.92 Å². The first-order valence-electron chi connectivity index (χ1n) is 5.16. The van der Waals surface area contributed by atoms with Gasteiger partial charge in [-0.05, 0) is 18.8 Å². The fourth-order valence-electron chi connectivity index (χ4n) is 1.93. The monoisotopic (exact) mass is 192 g/mol. The van der Waals surface area contributed by atoms with Crippen molar-refractivity contribution in [2.75, 3.05) is 17.6 Å². The standard InChI is InChI=1S/C10H16N4/c11-9-6-12-7-10(14-9)13-5-8-3-1-2-4-8/h6-8H,1-5H2,(H3,11,13,14). The van der Waals surface area contributed by atoms with E-state index >= 15 is 0 Å². The molecule has 4 heteroatoms. The van der Waals surface area contributed by atoms with E-state index in [1.54, 1.807) is 12.4 Å². The summed E-state index contributed by atoms with van der Waals surface area (Å²) in [4.78, 5) is 8.12. The number of anilines is 2. The third-order valence-electron chi connectivity index (χ3n) is 2.70. The van der Waals surface area contributed by atoms with Crippen molar-refractivity contribution in [2.24, 2.45) is 5.92 Å². The van der Waals surface area contributed by atoms with Gasteiger partial charge in [-0.15, -0.1) is 0 Å². The predicted octanol–water partition coefficient (Wildman–Crippen LogP) is 1.66. The summed E-state index contributed by atoms with van der Waals surface area (Å²) >= 11 is 0. The normalized spacial score (nSPS) is 17.1. The molecule has 14 heavy (non-hydrogen) atoms. The van der Waals surface area contributed by atoms with Crippen molar-refractivity contribution in [1.82, 2.24) is 9.97 Å². The van der Waals surface area contributed by atoms with Crippen LogP contribution in [-0.2, 0) is 0 Å². The number of nitrogens with two attached hydrogens (primary N) is 1. The summed E-state index contributed by atoms with van der Waals surface area (Å²) < 4.78 is 0. The van der Waals surface area contributed by atoms with E-state index in [9.17, 15) is 0 Å². The van der Waals surface area contributed by atoms with Gasteiger partial charge in [0.05, 0.1) is 12.4 Å². The molecule has 0 aliphatic heterocycles. The summed E-state index contributed by atoms with van der Waals surface area (Å²) in [5.74, 6) is 2.07. The lowest BCUT2D eigenvalue weighted by molar-refractivity contribution is 0.579. The van der Waals surface area contributed by atoms with Gasteiger partial charge in [0.15, 0.2) is 0 Å². The Morgan fingerprint density at radius 2 is 2.14 bits per heavy atom. The van der Waals surface area contributed by atoms with E-state index in [1.165, 1.54) is 25.7 Å². The van der Waals surface area contributed by atoms with Crippen LogP contribution in [0.4, 0.5) is 11.6 Å². The Labute approximate surface area is 83.9 Å². The molecule has 76 valence electrons. The van der Waals surface area contributed by atoms with Gasteiger partial charge >= 0.3 is 0 Å². The molecule has 1 aliphatic carbocycles. The maximum Gasteiger partial charge on any atom is 0.146 e. The van der Waals surface area contributed by atoms with Crippen molar-refractivity contribution in [2.45, 2.75) is 25.7 Å². The number of rotatable bonds is 3. The Morgan fingerprint density at radius 1 is 1.36 bits per heavy atom. The van der Waals surface area contributed by atoms with Crippen LogP contribution in [0.3, 0.4) is 0 Å². The van der Waals surface area contributed by atoms with E-state index in [1.807, 2.05) is 0 Å². The first kappa shape index (κ1) is 9.24. The molecule has 0 spiro atoms. The molecule has 3 N–H and O–H groups in total. The molecule has 0 radical (unpaired) electrons. The van der Waals surface area contributed by atoms with Gasteiger partial charge in [0.1, 0.15) is 11.6 Å². The number of nitrogens with zero attached hydrogens (tertiary/aromatic N) is 2. The average molecular weight is 192 g/mol. The van der Waals surface area contributed by atoms with Crippen molar-refractivity contribution >= 4 is 11.6 Å². The predicted molar refractivity (Wildman–Crippen MR) is 56.9 cm³/mol. The van der Waals surface area contributed by atoms with Crippen LogP contribution in [0.1, 0.15) is 25.7 Å². The average Bonchev–Trinajstić information content (AvgIpc) is 2.67. The number of hydrogen-bond acceptors (Lipinski definition) is 4. The number of nitrogen functional groups attached to an aromatic ring is 1. The molecule has 1 fully saturated rings. The van der Waals surface area contributed by atoms with Gasteiger partial charge in [0, 0.05) is 6.54 Å². The Balaban J connectivity index is 1.85. The fraction of sp³-hybridized carbons (Fsp3) is 0.600. The van der Waals surface area contributed by atoms with Crippen molar-refractivity contribution in [1.29, 1.82) is 0 Å². The van der Waals surface area contributed by atoms with Crippen LogP contribution in [-0.4, -0.2) is 16.5 Å². The third-order valence-corrected chi connectivity index (χ3v) is 2.70. The third kappa shape index (κ3) is 2.34. The van der Waals surface area contributed by atoms with Gasteiger partial charge in [-0.25, -0.2) is 4.98 Å². The lowest BCUT2D eigenvalue weighted by atomic mass is 10.1. The molecule has 1 heterocycles. The largest absolute Gasteiger partial charge is 0.382 e. The van der Waals surface area contributed by atoms with Crippen LogP contribution >= 0.6 is 0 Å². The van der Waals surface area contributed by atoms with Crippen LogP contribution in [0.2, 0.25) is 0 Å². The number of nitrogens with one attached hydrogen (secondary N) is 1. The Morgan fingerprint density at radius 3 is 2.86 bits per heavy atom. The lowest BCUT2D eigenvalue weighted by Crippen LogP contribution is -2.12. The molecule has 4 nitrogen and oxygen atoms in total. The molecule has 0 atom stereocenters. The second kappa shape index (κ2) is 4.26. The molecule has 0 amide bonds. The van der Waals surface area contributed by atoms with Crippen LogP contribution in [0.5, 0.6) is 0 Å². The second-order valence-electron chi connectivity index (χ2n) is 3.86. The molecule has 0 unspecified atom stereocenters. The highest BCUT2D eigenvalue weighted by atomic mass is 15.0. The zero-order valence-electron chi connectivity index (χ0n) is 8.24. The molecule has 0 aromatic carbocycles. The van der Waals surface area contributed by atoms with E-state index in [4.69, 9.17) is 5.73 Å². The minimum Gasteiger partial charge on any atom is -0.382 e. The van der Waals surface area contributed by atoms with Crippen molar-refractivity contribution in [3.8, 4) is 0 Å². The fourth-order valence-corrected chi connectivity index (χ4v) is 1.93. The van der Waals surface area contributed by atoms with E-state index < -0.39 is 0 Å². The van der Waals surface area contributed by atoms with Gasteiger partial charge < -0.3 is 11.1 Å². The summed E-state index contributed by atoms with van der Waals surface area (Å²) in [6.45, 7) is 0.998. The molecular weight excluding hydrogens is 176 g/mol. The van der Waals surface area contributed by atoms with Gasteiger partial charge in [-0.2, -0.15) is 0 Å². The first-order valence-corrected chi connectivity index (χ1v) is 5.16. The zero-order chi connectivity index (χ0) is 9.80. The van der Waals surface area contributed by atoms with Crippen LogP contribution in [0.25, 0.3) is 0 Å². The molecule has 1 aromatic rings. The molecule has 0 saturated heterocycles.